The molecule has 0 bridgehead atoms. The van der Waals surface area contributed by atoms with Crippen LogP contribution in [0.25, 0.3) is 5.69 Å². The van der Waals surface area contributed by atoms with Gasteiger partial charge in [0.2, 0.25) is 0 Å². The smallest absolute Gasteiger partial charge is 0.125 e. The molecule has 1 atom stereocenters. The molecule has 0 saturated carbocycles. The largest absolute Gasteiger partial charge is 0.305 e. The third-order valence-corrected chi connectivity index (χ3v) is 4.58. The summed E-state index contributed by atoms with van der Waals surface area (Å²) < 4.78 is 15.1. The van der Waals surface area contributed by atoms with E-state index >= 15 is 0 Å². The van der Waals surface area contributed by atoms with Crippen molar-refractivity contribution in [3.8, 4) is 5.69 Å². The molecule has 1 aromatic carbocycles. The number of halogens is 1. The van der Waals surface area contributed by atoms with E-state index in [1.807, 2.05) is 18.5 Å². The zero-order valence-electron chi connectivity index (χ0n) is 14.0. The highest BCUT2D eigenvalue weighted by molar-refractivity contribution is 5.31. The number of nitrogens with zero attached hydrogens (tertiary/aromatic N) is 4. The van der Waals surface area contributed by atoms with Gasteiger partial charge >= 0.3 is 0 Å². The molecule has 1 saturated heterocycles. The van der Waals surface area contributed by atoms with Crippen molar-refractivity contribution in [2.45, 2.75) is 31.8 Å². The van der Waals surface area contributed by atoms with Gasteiger partial charge in [-0.2, -0.15) is 5.10 Å². The molecule has 2 aromatic rings. The van der Waals surface area contributed by atoms with E-state index in [-0.39, 0.29) is 5.82 Å². The highest BCUT2D eigenvalue weighted by Gasteiger charge is 2.20. The molecule has 3 rings (SSSR count). The lowest BCUT2D eigenvalue weighted by Gasteiger charge is -2.28. The molecular weight excluding hydrogens is 291 g/mol. The predicted molar refractivity (Wildman–Crippen MR) is 90.1 cm³/mol. The van der Waals surface area contributed by atoms with Crippen LogP contribution >= 0.6 is 0 Å². The number of hydrogen-bond acceptors (Lipinski definition) is 3. The summed E-state index contributed by atoms with van der Waals surface area (Å²) in [6.45, 7) is 3.13. The Bertz CT molecular complexity index is 637. The summed E-state index contributed by atoms with van der Waals surface area (Å²) in [6.07, 6.45) is 7.71. The van der Waals surface area contributed by atoms with Gasteiger partial charge in [-0.05, 0) is 51.7 Å². The number of hydrogen-bond donors (Lipinski definition) is 0. The van der Waals surface area contributed by atoms with Gasteiger partial charge in [0.15, 0.2) is 0 Å². The van der Waals surface area contributed by atoms with Crippen LogP contribution in [0.4, 0.5) is 4.39 Å². The average Bonchev–Trinajstić information content (AvgIpc) is 2.85. The summed E-state index contributed by atoms with van der Waals surface area (Å²) in [6, 6.07) is 7.16. The van der Waals surface area contributed by atoms with Crippen molar-refractivity contribution in [2.24, 2.45) is 0 Å². The van der Waals surface area contributed by atoms with Crippen LogP contribution in [0.3, 0.4) is 0 Å². The van der Waals surface area contributed by atoms with Gasteiger partial charge in [-0.3, -0.25) is 4.90 Å². The fourth-order valence-electron chi connectivity index (χ4n) is 3.22. The fourth-order valence-corrected chi connectivity index (χ4v) is 3.22. The zero-order chi connectivity index (χ0) is 16.2. The molecule has 1 aliphatic rings. The molecule has 4 nitrogen and oxygen atoms in total. The van der Waals surface area contributed by atoms with Gasteiger partial charge in [0.05, 0.1) is 11.9 Å². The Morgan fingerprint density at radius 2 is 2.17 bits per heavy atom. The van der Waals surface area contributed by atoms with E-state index in [1.165, 1.54) is 37.0 Å². The predicted octanol–water partition coefficient (Wildman–Crippen LogP) is 2.93. The zero-order valence-corrected chi connectivity index (χ0v) is 14.0. The maximum Gasteiger partial charge on any atom is 0.125 e. The molecule has 0 radical (unpaired) electrons. The molecule has 0 N–H and O–H groups in total. The van der Waals surface area contributed by atoms with Gasteiger partial charge in [-0.25, -0.2) is 9.07 Å². The van der Waals surface area contributed by atoms with Crippen molar-refractivity contribution in [3.63, 3.8) is 0 Å². The first-order valence-corrected chi connectivity index (χ1v) is 8.30. The van der Waals surface area contributed by atoms with Gasteiger partial charge in [0.1, 0.15) is 5.82 Å². The van der Waals surface area contributed by atoms with E-state index in [1.54, 1.807) is 10.7 Å². The summed E-state index contributed by atoms with van der Waals surface area (Å²) >= 11 is 0. The summed E-state index contributed by atoms with van der Waals surface area (Å²) in [5.41, 5.74) is 1.94. The lowest BCUT2D eigenvalue weighted by atomic mass is 10.1. The maximum absolute atomic E-state index is 13.3. The standard InChI is InChI=1S/C18H25FN4/c1-21(2)18-7-3-4-9-22(14-18)12-15-11-20-23(13-15)17-8-5-6-16(19)10-17/h5-6,8,10-11,13,18H,3-4,7,9,12,14H2,1-2H3. The molecule has 1 aliphatic heterocycles. The molecule has 2 heterocycles. The van der Waals surface area contributed by atoms with Crippen molar-refractivity contribution in [2.75, 3.05) is 27.2 Å². The quantitative estimate of drug-likeness (QED) is 0.867. The van der Waals surface area contributed by atoms with E-state index in [0.29, 0.717) is 6.04 Å². The number of likely N-dealkylation sites (N-methyl/N-ethyl adjacent to an activating group) is 1. The van der Waals surface area contributed by atoms with Crippen molar-refractivity contribution >= 4 is 0 Å². The summed E-state index contributed by atoms with van der Waals surface area (Å²) in [7, 11) is 4.33. The Hall–Kier alpha value is -1.72. The van der Waals surface area contributed by atoms with Gasteiger partial charge in [-0.1, -0.05) is 12.5 Å². The van der Waals surface area contributed by atoms with Crippen LogP contribution in [0.5, 0.6) is 0 Å². The van der Waals surface area contributed by atoms with Gasteiger partial charge in [0.25, 0.3) is 0 Å². The molecule has 5 heteroatoms. The van der Waals surface area contributed by atoms with E-state index < -0.39 is 0 Å². The van der Waals surface area contributed by atoms with E-state index in [0.717, 1.165) is 25.3 Å². The summed E-state index contributed by atoms with van der Waals surface area (Å²) in [5, 5.41) is 4.38. The monoisotopic (exact) mass is 316 g/mol. The minimum atomic E-state index is -0.235. The third-order valence-electron chi connectivity index (χ3n) is 4.58. The van der Waals surface area contributed by atoms with Gasteiger partial charge in [-0.15, -0.1) is 0 Å². The minimum absolute atomic E-state index is 0.235. The summed E-state index contributed by atoms with van der Waals surface area (Å²) in [5.74, 6) is -0.235. The van der Waals surface area contributed by atoms with Crippen LogP contribution in [0, 0.1) is 5.82 Å². The van der Waals surface area contributed by atoms with Gasteiger partial charge < -0.3 is 4.90 Å². The molecular formula is C18H25FN4. The fraction of sp³-hybridized carbons (Fsp3) is 0.500. The normalized spacial score (nSPS) is 19.9. The van der Waals surface area contributed by atoms with Crippen LogP contribution in [-0.2, 0) is 6.54 Å². The molecule has 124 valence electrons. The Kier molecular flexibility index (Phi) is 5.08. The molecule has 0 aliphatic carbocycles. The average molecular weight is 316 g/mol. The third kappa shape index (κ3) is 4.18. The Labute approximate surface area is 137 Å². The van der Waals surface area contributed by atoms with Crippen molar-refractivity contribution in [3.05, 3.63) is 48.0 Å². The van der Waals surface area contributed by atoms with E-state index in [9.17, 15) is 4.39 Å². The Balaban J connectivity index is 1.68. The summed E-state index contributed by atoms with van der Waals surface area (Å²) in [4.78, 5) is 4.83. The molecule has 1 aromatic heterocycles. The Morgan fingerprint density at radius 3 is 2.96 bits per heavy atom. The minimum Gasteiger partial charge on any atom is -0.305 e. The topological polar surface area (TPSA) is 24.3 Å². The van der Waals surface area contributed by atoms with E-state index in [4.69, 9.17) is 0 Å². The highest BCUT2D eigenvalue weighted by atomic mass is 19.1. The van der Waals surface area contributed by atoms with Crippen LogP contribution in [0.15, 0.2) is 36.7 Å². The Morgan fingerprint density at radius 1 is 1.30 bits per heavy atom. The lowest BCUT2D eigenvalue weighted by molar-refractivity contribution is 0.191. The molecule has 0 spiro atoms. The highest BCUT2D eigenvalue weighted by Crippen LogP contribution is 2.17. The second-order valence-corrected chi connectivity index (χ2v) is 6.62. The second kappa shape index (κ2) is 7.23. The number of likely N-dealkylation sites (tertiary alicyclic amines) is 1. The molecule has 1 fully saturated rings. The maximum atomic E-state index is 13.3. The first-order chi connectivity index (χ1) is 11.1. The number of benzene rings is 1. The van der Waals surface area contributed by atoms with Crippen LogP contribution < -0.4 is 0 Å². The van der Waals surface area contributed by atoms with Gasteiger partial charge in [0, 0.05) is 30.9 Å². The number of rotatable bonds is 4. The van der Waals surface area contributed by atoms with Crippen LogP contribution in [0.2, 0.25) is 0 Å². The van der Waals surface area contributed by atoms with Crippen molar-refractivity contribution in [1.29, 1.82) is 0 Å². The molecule has 0 amide bonds. The number of aromatic nitrogens is 2. The van der Waals surface area contributed by atoms with Crippen molar-refractivity contribution < 1.29 is 4.39 Å². The van der Waals surface area contributed by atoms with E-state index in [2.05, 4.69) is 29.0 Å². The molecule has 23 heavy (non-hydrogen) atoms. The second-order valence-electron chi connectivity index (χ2n) is 6.62. The molecule has 1 unspecified atom stereocenters. The SMILES string of the molecule is CN(C)C1CCCCN(Cc2cnn(-c3cccc(F)c3)c2)C1. The van der Waals surface area contributed by atoms with Crippen LogP contribution in [-0.4, -0.2) is 52.8 Å². The lowest BCUT2D eigenvalue weighted by Crippen LogP contribution is -2.38. The first-order valence-electron chi connectivity index (χ1n) is 8.30. The first kappa shape index (κ1) is 16.1. The van der Waals surface area contributed by atoms with Crippen LogP contribution in [0.1, 0.15) is 24.8 Å². The van der Waals surface area contributed by atoms with Crippen molar-refractivity contribution in [1.82, 2.24) is 19.6 Å².